The van der Waals surface area contributed by atoms with Crippen LogP contribution < -0.4 is 0 Å². The van der Waals surface area contributed by atoms with Crippen molar-refractivity contribution in [2.24, 2.45) is 5.41 Å². The van der Waals surface area contributed by atoms with E-state index in [0.29, 0.717) is 5.92 Å². The highest BCUT2D eigenvalue weighted by molar-refractivity contribution is 5.81. The molecule has 0 saturated carbocycles. The molecule has 0 N–H and O–H groups in total. The summed E-state index contributed by atoms with van der Waals surface area (Å²) in [5.74, 6) is 2.91. The van der Waals surface area contributed by atoms with Crippen LogP contribution in [0.2, 0.25) is 0 Å². The van der Waals surface area contributed by atoms with E-state index in [1.807, 2.05) is 25.7 Å². The average Bonchev–Trinajstić information content (AvgIpc) is 3.23. The first kappa shape index (κ1) is 18.4. The van der Waals surface area contributed by atoms with Gasteiger partial charge in [-0.15, -0.1) is 10.2 Å². The maximum Gasteiger partial charge on any atom is 0.227 e. The van der Waals surface area contributed by atoms with Crippen LogP contribution in [-0.2, 0) is 17.9 Å². The molecule has 25 heavy (non-hydrogen) atoms. The summed E-state index contributed by atoms with van der Waals surface area (Å²) in [7, 11) is 0. The molecule has 6 heteroatoms. The van der Waals surface area contributed by atoms with Crippen molar-refractivity contribution in [1.82, 2.24) is 24.6 Å². The van der Waals surface area contributed by atoms with Crippen molar-refractivity contribution in [3.05, 3.63) is 11.6 Å². The van der Waals surface area contributed by atoms with Crippen molar-refractivity contribution in [2.75, 3.05) is 26.2 Å². The fraction of sp³-hybridized carbons (Fsp3) is 0.842. The third-order valence-electron chi connectivity index (χ3n) is 5.52. The van der Waals surface area contributed by atoms with Crippen molar-refractivity contribution >= 4 is 5.91 Å². The molecule has 0 aliphatic carbocycles. The van der Waals surface area contributed by atoms with Gasteiger partial charge in [0.05, 0.1) is 6.54 Å². The molecular formula is C19H33N5O. The molecule has 2 fully saturated rings. The van der Waals surface area contributed by atoms with Crippen LogP contribution in [0.1, 0.15) is 70.9 Å². The van der Waals surface area contributed by atoms with E-state index in [4.69, 9.17) is 0 Å². The predicted molar refractivity (Wildman–Crippen MR) is 98.2 cm³/mol. The first-order valence-corrected chi connectivity index (χ1v) is 9.84. The minimum atomic E-state index is -0.292. The van der Waals surface area contributed by atoms with E-state index in [2.05, 4.69) is 26.6 Å². The molecule has 3 heterocycles. The number of aromatic nitrogens is 3. The van der Waals surface area contributed by atoms with Gasteiger partial charge in [-0.3, -0.25) is 9.69 Å². The standard InChI is InChI=1S/C19H33N5O/c1-5-24-16(14-22-10-6-7-11-22)20-21-17(24)15-8-12-23(13-9-15)18(25)19(2,3)4/h15H,5-14H2,1-4H3. The molecule has 0 aromatic carbocycles. The second-order valence-electron chi connectivity index (χ2n) is 8.52. The van der Waals surface area contributed by atoms with E-state index in [1.165, 1.54) is 25.9 Å². The topological polar surface area (TPSA) is 54.3 Å². The maximum atomic E-state index is 12.5. The Labute approximate surface area is 151 Å². The molecule has 0 unspecified atom stereocenters. The summed E-state index contributed by atoms with van der Waals surface area (Å²) in [5.41, 5.74) is -0.292. The van der Waals surface area contributed by atoms with Gasteiger partial charge < -0.3 is 9.47 Å². The Hall–Kier alpha value is -1.43. The van der Waals surface area contributed by atoms with Crippen molar-refractivity contribution < 1.29 is 4.79 Å². The van der Waals surface area contributed by atoms with E-state index in [-0.39, 0.29) is 11.3 Å². The minimum absolute atomic E-state index is 0.262. The van der Waals surface area contributed by atoms with Crippen molar-refractivity contribution in [2.45, 2.75) is 72.4 Å². The molecule has 0 radical (unpaired) electrons. The van der Waals surface area contributed by atoms with E-state index in [9.17, 15) is 4.79 Å². The molecule has 2 aliphatic heterocycles. The van der Waals surface area contributed by atoms with Crippen LogP contribution in [0.25, 0.3) is 0 Å². The average molecular weight is 348 g/mol. The first-order valence-electron chi connectivity index (χ1n) is 9.84. The highest BCUT2D eigenvalue weighted by Crippen LogP contribution is 2.30. The Kier molecular flexibility index (Phi) is 5.46. The van der Waals surface area contributed by atoms with Crippen LogP contribution in [-0.4, -0.2) is 56.7 Å². The lowest BCUT2D eigenvalue weighted by molar-refractivity contribution is -0.140. The van der Waals surface area contributed by atoms with Crippen molar-refractivity contribution in [3.8, 4) is 0 Å². The zero-order chi connectivity index (χ0) is 18.0. The molecule has 0 spiro atoms. The van der Waals surface area contributed by atoms with Gasteiger partial charge in [-0.1, -0.05) is 20.8 Å². The maximum absolute atomic E-state index is 12.5. The summed E-state index contributed by atoms with van der Waals surface area (Å²) in [6.45, 7) is 14.0. The lowest BCUT2D eigenvalue weighted by Crippen LogP contribution is -2.44. The largest absolute Gasteiger partial charge is 0.342 e. The Morgan fingerprint density at radius 3 is 2.28 bits per heavy atom. The van der Waals surface area contributed by atoms with Gasteiger partial charge in [0.1, 0.15) is 11.6 Å². The zero-order valence-corrected chi connectivity index (χ0v) is 16.3. The third kappa shape index (κ3) is 4.05. The summed E-state index contributed by atoms with van der Waals surface area (Å²) < 4.78 is 2.31. The molecule has 6 nitrogen and oxygen atoms in total. The number of rotatable bonds is 4. The molecule has 0 bridgehead atoms. The van der Waals surface area contributed by atoms with Gasteiger partial charge in [-0.05, 0) is 45.7 Å². The molecule has 1 aromatic rings. The smallest absolute Gasteiger partial charge is 0.227 e. The number of hydrogen-bond donors (Lipinski definition) is 0. The fourth-order valence-corrected chi connectivity index (χ4v) is 4.07. The molecule has 3 rings (SSSR count). The summed E-state index contributed by atoms with van der Waals surface area (Å²) in [5, 5.41) is 9.06. The summed E-state index contributed by atoms with van der Waals surface area (Å²) in [6, 6.07) is 0. The Morgan fingerprint density at radius 2 is 1.72 bits per heavy atom. The lowest BCUT2D eigenvalue weighted by Gasteiger charge is -2.35. The highest BCUT2D eigenvalue weighted by atomic mass is 16.2. The Balaban J connectivity index is 1.65. The monoisotopic (exact) mass is 347 g/mol. The number of piperidine rings is 1. The van der Waals surface area contributed by atoms with Crippen molar-refractivity contribution in [1.29, 1.82) is 0 Å². The molecule has 2 saturated heterocycles. The SMILES string of the molecule is CCn1c(CN2CCCC2)nnc1C1CCN(C(=O)C(C)(C)C)CC1. The van der Waals surface area contributed by atoms with E-state index in [1.54, 1.807) is 0 Å². The predicted octanol–water partition coefficient (Wildman–Crippen LogP) is 2.65. The van der Waals surface area contributed by atoms with Crippen LogP contribution >= 0.6 is 0 Å². The van der Waals surface area contributed by atoms with Gasteiger partial charge in [0.15, 0.2) is 0 Å². The van der Waals surface area contributed by atoms with E-state index < -0.39 is 0 Å². The molecule has 1 aromatic heterocycles. The van der Waals surface area contributed by atoms with Crippen LogP contribution in [0.4, 0.5) is 0 Å². The van der Waals surface area contributed by atoms with E-state index >= 15 is 0 Å². The normalized spacial score (nSPS) is 20.4. The van der Waals surface area contributed by atoms with Crippen molar-refractivity contribution in [3.63, 3.8) is 0 Å². The molecule has 2 aliphatic rings. The van der Waals surface area contributed by atoms with Gasteiger partial charge in [0, 0.05) is 31.0 Å². The quantitative estimate of drug-likeness (QED) is 0.840. The van der Waals surface area contributed by atoms with Crippen LogP contribution in [0.3, 0.4) is 0 Å². The van der Waals surface area contributed by atoms with Crippen LogP contribution in [0.15, 0.2) is 0 Å². The van der Waals surface area contributed by atoms with Crippen LogP contribution in [0, 0.1) is 5.41 Å². The van der Waals surface area contributed by atoms with E-state index in [0.717, 1.165) is 50.7 Å². The number of carbonyl (C=O) groups excluding carboxylic acids is 1. The van der Waals surface area contributed by atoms with Gasteiger partial charge in [-0.25, -0.2) is 0 Å². The number of hydrogen-bond acceptors (Lipinski definition) is 4. The zero-order valence-electron chi connectivity index (χ0n) is 16.3. The number of carbonyl (C=O) groups is 1. The third-order valence-corrected chi connectivity index (χ3v) is 5.52. The molecule has 140 valence electrons. The van der Waals surface area contributed by atoms with Gasteiger partial charge in [0.25, 0.3) is 0 Å². The molecule has 0 atom stereocenters. The molecule has 1 amide bonds. The number of amides is 1. The Bertz CT molecular complexity index is 589. The van der Waals surface area contributed by atoms with Gasteiger partial charge in [-0.2, -0.15) is 0 Å². The molecular weight excluding hydrogens is 314 g/mol. The van der Waals surface area contributed by atoms with Gasteiger partial charge in [0.2, 0.25) is 5.91 Å². The minimum Gasteiger partial charge on any atom is -0.342 e. The number of nitrogens with zero attached hydrogens (tertiary/aromatic N) is 5. The highest BCUT2D eigenvalue weighted by Gasteiger charge is 2.32. The second-order valence-corrected chi connectivity index (χ2v) is 8.52. The first-order chi connectivity index (χ1) is 11.9. The van der Waals surface area contributed by atoms with Gasteiger partial charge >= 0.3 is 0 Å². The summed E-state index contributed by atoms with van der Waals surface area (Å²) >= 11 is 0. The fourth-order valence-electron chi connectivity index (χ4n) is 4.07. The Morgan fingerprint density at radius 1 is 1.08 bits per heavy atom. The van der Waals surface area contributed by atoms with Crippen LogP contribution in [0.5, 0.6) is 0 Å². The number of likely N-dealkylation sites (tertiary alicyclic amines) is 2. The second kappa shape index (κ2) is 7.44. The summed E-state index contributed by atoms with van der Waals surface area (Å²) in [6.07, 6.45) is 4.58. The summed E-state index contributed by atoms with van der Waals surface area (Å²) in [4.78, 5) is 17.0. The lowest BCUT2D eigenvalue weighted by atomic mass is 9.90.